The second kappa shape index (κ2) is 8.30. The van der Waals surface area contributed by atoms with Crippen molar-refractivity contribution in [1.82, 2.24) is 0 Å². The van der Waals surface area contributed by atoms with E-state index in [0.29, 0.717) is 12.0 Å². The van der Waals surface area contributed by atoms with Gasteiger partial charge in [-0.15, -0.1) is 0 Å². The Hall–Kier alpha value is -1.86. The van der Waals surface area contributed by atoms with Gasteiger partial charge in [0.2, 0.25) is 0 Å². The molecule has 1 nitrogen and oxygen atoms in total. The third kappa shape index (κ3) is 5.07. The number of benzene rings is 1. The van der Waals surface area contributed by atoms with Gasteiger partial charge in [-0.05, 0) is 55.2 Å². The van der Waals surface area contributed by atoms with Crippen LogP contribution in [0.15, 0.2) is 65.3 Å². The van der Waals surface area contributed by atoms with Crippen molar-refractivity contribution < 1.29 is 0 Å². The lowest BCUT2D eigenvalue weighted by Crippen LogP contribution is -2.19. The minimum Gasteiger partial charge on any atom is -0.326 e. The van der Waals surface area contributed by atoms with Crippen LogP contribution in [0.4, 0.5) is 0 Å². The molecule has 128 valence electrons. The topological polar surface area (TPSA) is 26.0 Å². The molecular formula is C23H31N. The zero-order valence-corrected chi connectivity index (χ0v) is 15.6. The van der Waals surface area contributed by atoms with Crippen LogP contribution in [0.2, 0.25) is 0 Å². The van der Waals surface area contributed by atoms with Gasteiger partial charge in [-0.3, -0.25) is 0 Å². The van der Waals surface area contributed by atoms with Crippen LogP contribution in [0.1, 0.15) is 58.1 Å². The van der Waals surface area contributed by atoms with Crippen molar-refractivity contribution in [2.45, 2.75) is 53.5 Å². The standard InChI is InChI=1S/C23H31N/c1-18(7-5-9-20-11-13-21(17-24)14-12-20)10-15-22-19(2)8-6-16-23(22,3)4/h5,7,9-15H,6,8,16-17,24H2,1-4H3. The fraction of sp³-hybridized carbons (Fsp3) is 0.391. The lowest BCUT2D eigenvalue weighted by molar-refractivity contribution is 0.377. The molecule has 0 radical (unpaired) electrons. The van der Waals surface area contributed by atoms with E-state index in [4.69, 9.17) is 5.73 Å². The highest BCUT2D eigenvalue weighted by atomic mass is 14.5. The van der Waals surface area contributed by atoms with Crippen molar-refractivity contribution in [1.29, 1.82) is 0 Å². The molecule has 1 heteroatoms. The summed E-state index contributed by atoms with van der Waals surface area (Å²) in [7, 11) is 0. The highest BCUT2D eigenvalue weighted by Gasteiger charge is 2.26. The Morgan fingerprint density at radius 3 is 2.50 bits per heavy atom. The molecule has 0 saturated carbocycles. The fourth-order valence-electron chi connectivity index (χ4n) is 3.36. The Balaban J connectivity index is 2.04. The van der Waals surface area contributed by atoms with E-state index in [-0.39, 0.29) is 0 Å². The molecule has 0 unspecified atom stereocenters. The third-order valence-corrected chi connectivity index (χ3v) is 4.92. The van der Waals surface area contributed by atoms with E-state index in [1.165, 1.54) is 41.5 Å². The molecule has 1 aliphatic carbocycles. The predicted molar refractivity (Wildman–Crippen MR) is 107 cm³/mol. The van der Waals surface area contributed by atoms with E-state index >= 15 is 0 Å². The Morgan fingerprint density at radius 1 is 1.17 bits per heavy atom. The lowest BCUT2D eigenvalue weighted by atomic mass is 9.72. The first kappa shape index (κ1) is 18.5. The minimum atomic E-state index is 0.305. The number of hydrogen-bond acceptors (Lipinski definition) is 1. The molecule has 0 saturated heterocycles. The first-order chi connectivity index (χ1) is 11.4. The Morgan fingerprint density at radius 2 is 1.88 bits per heavy atom. The van der Waals surface area contributed by atoms with Gasteiger partial charge in [0, 0.05) is 6.54 Å². The van der Waals surface area contributed by atoms with E-state index in [2.05, 4.69) is 82.3 Å². The molecule has 0 heterocycles. The third-order valence-electron chi connectivity index (χ3n) is 4.92. The highest BCUT2D eigenvalue weighted by molar-refractivity contribution is 5.52. The SMILES string of the molecule is CC(C=CC1=C(C)CCCC1(C)C)=CC=Cc1ccc(CN)cc1. The minimum absolute atomic E-state index is 0.305. The summed E-state index contributed by atoms with van der Waals surface area (Å²) in [5.41, 5.74) is 12.6. The second-order valence-electron chi connectivity index (χ2n) is 7.48. The van der Waals surface area contributed by atoms with Crippen LogP contribution in [0.3, 0.4) is 0 Å². The van der Waals surface area contributed by atoms with Crippen molar-refractivity contribution in [2.75, 3.05) is 0 Å². The van der Waals surface area contributed by atoms with Crippen LogP contribution >= 0.6 is 0 Å². The molecule has 1 aromatic carbocycles. The summed E-state index contributed by atoms with van der Waals surface area (Å²) in [6.45, 7) is 9.76. The average Bonchev–Trinajstić information content (AvgIpc) is 2.54. The van der Waals surface area contributed by atoms with Crippen LogP contribution < -0.4 is 5.73 Å². The summed E-state index contributed by atoms with van der Waals surface area (Å²) in [4.78, 5) is 0. The molecule has 0 bridgehead atoms. The van der Waals surface area contributed by atoms with Crippen molar-refractivity contribution >= 4 is 6.08 Å². The highest BCUT2D eigenvalue weighted by Crippen LogP contribution is 2.40. The quantitative estimate of drug-likeness (QED) is 0.643. The summed E-state index contributed by atoms with van der Waals surface area (Å²) in [5.74, 6) is 0. The molecule has 0 amide bonds. The molecule has 0 atom stereocenters. The molecule has 1 aliphatic rings. The molecule has 24 heavy (non-hydrogen) atoms. The van der Waals surface area contributed by atoms with E-state index in [0.717, 1.165) is 0 Å². The van der Waals surface area contributed by atoms with Crippen molar-refractivity contribution in [3.63, 3.8) is 0 Å². The predicted octanol–water partition coefficient (Wildman–Crippen LogP) is 6.19. The maximum atomic E-state index is 5.62. The van der Waals surface area contributed by atoms with Gasteiger partial charge in [0.1, 0.15) is 0 Å². The maximum Gasteiger partial charge on any atom is 0.0178 e. The van der Waals surface area contributed by atoms with Crippen molar-refractivity contribution in [3.8, 4) is 0 Å². The monoisotopic (exact) mass is 321 g/mol. The molecule has 0 aliphatic heterocycles. The van der Waals surface area contributed by atoms with Gasteiger partial charge >= 0.3 is 0 Å². The molecule has 0 fully saturated rings. The fourth-order valence-corrected chi connectivity index (χ4v) is 3.36. The van der Waals surface area contributed by atoms with Crippen LogP contribution in [-0.4, -0.2) is 0 Å². The van der Waals surface area contributed by atoms with Gasteiger partial charge in [-0.1, -0.05) is 79.6 Å². The normalized spacial score (nSPS) is 18.8. The van der Waals surface area contributed by atoms with Crippen molar-refractivity contribution in [3.05, 3.63) is 76.4 Å². The molecule has 1 aromatic rings. The van der Waals surface area contributed by atoms with Crippen LogP contribution in [-0.2, 0) is 6.54 Å². The summed E-state index contributed by atoms with van der Waals surface area (Å²) in [6.07, 6.45) is 14.8. The molecule has 2 rings (SSSR count). The van der Waals surface area contributed by atoms with Gasteiger partial charge in [-0.25, -0.2) is 0 Å². The first-order valence-electron chi connectivity index (χ1n) is 8.94. The Kier molecular flexibility index (Phi) is 6.39. The van der Waals surface area contributed by atoms with Crippen LogP contribution in [0.5, 0.6) is 0 Å². The second-order valence-corrected chi connectivity index (χ2v) is 7.48. The maximum absolute atomic E-state index is 5.62. The molecular weight excluding hydrogens is 290 g/mol. The number of nitrogens with two attached hydrogens (primary N) is 1. The molecule has 2 N–H and O–H groups in total. The number of hydrogen-bond donors (Lipinski definition) is 1. The van der Waals surface area contributed by atoms with Gasteiger partial charge in [-0.2, -0.15) is 0 Å². The van der Waals surface area contributed by atoms with E-state index in [1.807, 2.05) is 0 Å². The molecule has 0 spiro atoms. The van der Waals surface area contributed by atoms with Crippen LogP contribution in [0.25, 0.3) is 6.08 Å². The number of rotatable bonds is 5. The van der Waals surface area contributed by atoms with E-state index in [9.17, 15) is 0 Å². The molecule has 0 aromatic heterocycles. The smallest absolute Gasteiger partial charge is 0.0178 e. The van der Waals surface area contributed by atoms with E-state index < -0.39 is 0 Å². The summed E-state index contributed by atoms with van der Waals surface area (Å²) in [5, 5.41) is 0. The zero-order chi connectivity index (χ0) is 17.6. The number of allylic oxidation sites excluding steroid dienone is 7. The largest absolute Gasteiger partial charge is 0.326 e. The zero-order valence-electron chi connectivity index (χ0n) is 15.6. The van der Waals surface area contributed by atoms with Gasteiger partial charge in [0.05, 0.1) is 0 Å². The van der Waals surface area contributed by atoms with Crippen LogP contribution in [0, 0.1) is 5.41 Å². The van der Waals surface area contributed by atoms with Gasteiger partial charge < -0.3 is 5.73 Å². The van der Waals surface area contributed by atoms with Crippen molar-refractivity contribution in [2.24, 2.45) is 11.1 Å². The summed E-state index contributed by atoms with van der Waals surface area (Å²) < 4.78 is 0. The first-order valence-corrected chi connectivity index (χ1v) is 8.94. The average molecular weight is 322 g/mol. The summed E-state index contributed by atoms with van der Waals surface area (Å²) in [6, 6.07) is 8.37. The lowest BCUT2D eigenvalue weighted by Gasteiger charge is -2.32. The summed E-state index contributed by atoms with van der Waals surface area (Å²) >= 11 is 0. The van der Waals surface area contributed by atoms with Gasteiger partial charge in [0.15, 0.2) is 0 Å². The Labute approximate surface area is 147 Å². The van der Waals surface area contributed by atoms with Gasteiger partial charge in [0.25, 0.3) is 0 Å². The Bertz CT molecular complexity index is 666. The van der Waals surface area contributed by atoms with E-state index in [1.54, 1.807) is 5.57 Å².